The number of hydrogen-bond acceptors (Lipinski definition) is 3. The lowest BCUT2D eigenvalue weighted by Crippen LogP contribution is -2.40. The van der Waals surface area contributed by atoms with Crippen molar-refractivity contribution in [1.82, 2.24) is 10.3 Å². The predicted octanol–water partition coefficient (Wildman–Crippen LogP) is 1.64. The second-order valence-electron chi connectivity index (χ2n) is 3.64. The average molecular weight is 208 g/mol. The first-order valence-electron chi connectivity index (χ1n) is 5.40. The van der Waals surface area contributed by atoms with Gasteiger partial charge in [0.1, 0.15) is 0 Å². The Morgan fingerprint density at radius 2 is 2.33 bits per heavy atom. The van der Waals surface area contributed by atoms with Crippen LogP contribution in [0.2, 0.25) is 0 Å². The van der Waals surface area contributed by atoms with Crippen LogP contribution in [-0.4, -0.2) is 31.3 Å². The molecule has 0 aromatic carbocycles. The van der Waals surface area contributed by atoms with Crippen molar-refractivity contribution in [3.63, 3.8) is 0 Å². The van der Waals surface area contributed by atoms with Gasteiger partial charge in [-0.3, -0.25) is 4.98 Å². The molecule has 0 radical (unpaired) electrons. The maximum absolute atomic E-state index is 5.44. The molecule has 2 unspecified atom stereocenters. The normalized spacial score (nSPS) is 14.9. The van der Waals surface area contributed by atoms with Crippen molar-refractivity contribution in [3.05, 3.63) is 30.1 Å². The topological polar surface area (TPSA) is 34.1 Å². The van der Waals surface area contributed by atoms with Crippen LogP contribution in [0.4, 0.5) is 0 Å². The molecule has 0 amide bonds. The van der Waals surface area contributed by atoms with Crippen molar-refractivity contribution in [2.75, 3.05) is 14.2 Å². The van der Waals surface area contributed by atoms with Crippen LogP contribution in [-0.2, 0) is 11.2 Å². The van der Waals surface area contributed by atoms with Gasteiger partial charge in [0.05, 0.1) is 6.10 Å². The Morgan fingerprint density at radius 1 is 1.53 bits per heavy atom. The largest absolute Gasteiger partial charge is 0.380 e. The summed E-state index contributed by atoms with van der Waals surface area (Å²) in [5.74, 6) is 0. The molecule has 0 saturated heterocycles. The highest BCUT2D eigenvalue weighted by Gasteiger charge is 2.17. The number of hydrogen-bond donors (Lipinski definition) is 1. The molecular weight excluding hydrogens is 188 g/mol. The zero-order valence-corrected chi connectivity index (χ0v) is 9.73. The highest BCUT2D eigenvalue weighted by molar-refractivity contribution is 5.10. The van der Waals surface area contributed by atoms with E-state index in [1.165, 1.54) is 5.56 Å². The van der Waals surface area contributed by atoms with E-state index in [-0.39, 0.29) is 6.10 Å². The van der Waals surface area contributed by atoms with Crippen LogP contribution < -0.4 is 5.32 Å². The van der Waals surface area contributed by atoms with Gasteiger partial charge in [-0.1, -0.05) is 13.0 Å². The standard InChI is InChI=1S/C12H20N2O/c1-4-12(15-3)11(13-2)8-10-6-5-7-14-9-10/h5-7,9,11-13H,4,8H2,1-3H3. The first kappa shape index (κ1) is 12.1. The number of aromatic nitrogens is 1. The SMILES string of the molecule is CCC(OC)C(Cc1cccnc1)NC. The summed E-state index contributed by atoms with van der Waals surface area (Å²) in [6.07, 6.45) is 5.94. The quantitative estimate of drug-likeness (QED) is 0.771. The fourth-order valence-electron chi connectivity index (χ4n) is 1.81. The van der Waals surface area contributed by atoms with E-state index < -0.39 is 0 Å². The molecule has 15 heavy (non-hydrogen) atoms. The van der Waals surface area contributed by atoms with Crippen molar-refractivity contribution >= 4 is 0 Å². The molecule has 84 valence electrons. The molecule has 1 aromatic rings. The van der Waals surface area contributed by atoms with Crippen molar-refractivity contribution < 1.29 is 4.74 Å². The summed E-state index contributed by atoms with van der Waals surface area (Å²) in [6, 6.07) is 4.42. The van der Waals surface area contributed by atoms with E-state index in [0.29, 0.717) is 6.04 Å². The maximum Gasteiger partial charge on any atom is 0.0724 e. The second-order valence-corrected chi connectivity index (χ2v) is 3.64. The van der Waals surface area contributed by atoms with Gasteiger partial charge in [-0.15, -0.1) is 0 Å². The predicted molar refractivity (Wildman–Crippen MR) is 61.9 cm³/mol. The van der Waals surface area contributed by atoms with Gasteiger partial charge in [-0.2, -0.15) is 0 Å². The molecule has 1 aromatic heterocycles. The van der Waals surface area contributed by atoms with Gasteiger partial charge in [0.25, 0.3) is 0 Å². The molecule has 0 fully saturated rings. The van der Waals surface area contributed by atoms with Crippen LogP contribution in [0.5, 0.6) is 0 Å². The second kappa shape index (κ2) is 6.53. The summed E-state index contributed by atoms with van der Waals surface area (Å²) in [4.78, 5) is 4.11. The fraction of sp³-hybridized carbons (Fsp3) is 0.583. The third-order valence-electron chi connectivity index (χ3n) is 2.70. The van der Waals surface area contributed by atoms with E-state index >= 15 is 0 Å². The molecule has 1 heterocycles. The average Bonchev–Trinajstić information content (AvgIpc) is 2.30. The van der Waals surface area contributed by atoms with Gasteiger partial charge >= 0.3 is 0 Å². The Hall–Kier alpha value is -0.930. The molecule has 1 N–H and O–H groups in total. The molecule has 1 rings (SSSR count). The van der Waals surface area contributed by atoms with E-state index in [1.807, 2.05) is 19.3 Å². The molecule has 0 aliphatic heterocycles. The number of nitrogens with one attached hydrogen (secondary N) is 1. The highest BCUT2D eigenvalue weighted by Crippen LogP contribution is 2.09. The van der Waals surface area contributed by atoms with E-state index in [2.05, 4.69) is 23.3 Å². The van der Waals surface area contributed by atoms with Crippen molar-refractivity contribution in [3.8, 4) is 0 Å². The van der Waals surface area contributed by atoms with Gasteiger partial charge in [-0.05, 0) is 31.5 Å². The molecule has 0 aliphatic rings. The number of pyridine rings is 1. The lowest BCUT2D eigenvalue weighted by Gasteiger charge is -2.24. The van der Waals surface area contributed by atoms with Gasteiger partial charge in [-0.25, -0.2) is 0 Å². The van der Waals surface area contributed by atoms with E-state index in [1.54, 1.807) is 13.3 Å². The summed E-state index contributed by atoms with van der Waals surface area (Å²) in [7, 11) is 3.74. The number of rotatable bonds is 6. The third kappa shape index (κ3) is 3.61. The molecule has 0 bridgehead atoms. The van der Waals surface area contributed by atoms with Gasteiger partial charge in [0, 0.05) is 25.5 Å². The van der Waals surface area contributed by atoms with Crippen LogP contribution in [0.1, 0.15) is 18.9 Å². The van der Waals surface area contributed by atoms with Crippen molar-refractivity contribution in [2.45, 2.75) is 31.9 Å². The number of ether oxygens (including phenoxy) is 1. The first-order valence-corrected chi connectivity index (χ1v) is 5.40. The highest BCUT2D eigenvalue weighted by atomic mass is 16.5. The van der Waals surface area contributed by atoms with Gasteiger partial charge < -0.3 is 10.1 Å². The van der Waals surface area contributed by atoms with Crippen molar-refractivity contribution in [2.24, 2.45) is 0 Å². The summed E-state index contributed by atoms with van der Waals surface area (Å²) in [5.41, 5.74) is 1.24. The Kier molecular flexibility index (Phi) is 5.29. The van der Waals surface area contributed by atoms with Crippen LogP contribution in [0.25, 0.3) is 0 Å². The van der Waals surface area contributed by atoms with Crippen LogP contribution in [0.15, 0.2) is 24.5 Å². The van der Waals surface area contributed by atoms with E-state index in [0.717, 1.165) is 12.8 Å². The molecule has 3 heteroatoms. The maximum atomic E-state index is 5.44. The minimum atomic E-state index is 0.259. The Morgan fingerprint density at radius 3 is 2.80 bits per heavy atom. The molecule has 2 atom stereocenters. The molecule has 0 saturated carbocycles. The van der Waals surface area contributed by atoms with Gasteiger partial charge in [0.2, 0.25) is 0 Å². The molecule has 0 spiro atoms. The van der Waals surface area contributed by atoms with E-state index in [4.69, 9.17) is 4.74 Å². The van der Waals surface area contributed by atoms with Crippen LogP contribution in [0.3, 0.4) is 0 Å². The van der Waals surface area contributed by atoms with Gasteiger partial charge in [0.15, 0.2) is 0 Å². The zero-order chi connectivity index (χ0) is 11.1. The Bertz CT molecular complexity index is 260. The molecule has 0 aliphatic carbocycles. The Labute approximate surface area is 91.9 Å². The fourth-order valence-corrected chi connectivity index (χ4v) is 1.81. The summed E-state index contributed by atoms with van der Waals surface area (Å²) >= 11 is 0. The lowest BCUT2D eigenvalue weighted by molar-refractivity contribution is 0.0678. The van der Waals surface area contributed by atoms with Crippen LogP contribution >= 0.6 is 0 Å². The number of likely N-dealkylation sites (N-methyl/N-ethyl adjacent to an activating group) is 1. The first-order chi connectivity index (χ1) is 7.31. The monoisotopic (exact) mass is 208 g/mol. The summed E-state index contributed by atoms with van der Waals surface area (Å²) < 4.78 is 5.44. The number of methoxy groups -OCH3 is 1. The summed E-state index contributed by atoms with van der Waals surface area (Å²) in [6.45, 7) is 2.14. The smallest absolute Gasteiger partial charge is 0.0724 e. The molecular formula is C12H20N2O. The van der Waals surface area contributed by atoms with Crippen molar-refractivity contribution in [1.29, 1.82) is 0 Å². The third-order valence-corrected chi connectivity index (χ3v) is 2.70. The van der Waals surface area contributed by atoms with Crippen LogP contribution in [0, 0.1) is 0 Å². The zero-order valence-electron chi connectivity index (χ0n) is 9.73. The molecule has 3 nitrogen and oxygen atoms in total. The minimum absolute atomic E-state index is 0.259. The minimum Gasteiger partial charge on any atom is -0.380 e. The lowest BCUT2D eigenvalue weighted by atomic mass is 10.0. The van der Waals surface area contributed by atoms with E-state index in [9.17, 15) is 0 Å². The summed E-state index contributed by atoms with van der Waals surface area (Å²) in [5, 5.41) is 3.30. The Balaban J connectivity index is 2.61. The number of nitrogens with zero attached hydrogens (tertiary/aromatic N) is 1.